The summed E-state index contributed by atoms with van der Waals surface area (Å²) in [6.45, 7) is 4.70. The number of benzene rings is 1. The molecule has 1 heterocycles. The van der Waals surface area contributed by atoms with E-state index in [-0.39, 0.29) is 0 Å². The first-order valence-electron chi connectivity index (χ1n) is 6.12. The highest BCUT2D eigenvalue weighted by Crippen LogP contribution is 2.12. The van der Waals surface area contributed by atoms with Gasteiger partial charge in [0.2, 0.25) is 0 Å². The van der Waals surface area contributed by atoms with Gasteiger partial charge in [0.05, 0.1) is 18.4 Å². The molecule has 2 aromatic rings. The third-order valence-electron chi connectivity index (χ3n) is 2.55. The Morgan fingerprint density at radius 1 is 1.39 bits per heavy atom. The lowest BCUT2D eigenvalue weighted by molar-refractivity contribution is 0.645. The van der Waals surface area contributed by atoms with Crippen molar-refractivity contribution in [3.63, 3.8) is 0 Å². The van der Waals surface area contributed by atoms with Gasteiger partial charge in [-0.25, -0.2) is 4.68 Å². The quantitative estimate of drug-likeness (QED) is 0.834. The van der Waals surface area contributed by atoms with Crippen LogP contribution in [-0.4, -0.2) is 21.5 Å². The zero-order valence-corrected chi connectivity index (χ0v) is 12.0. The third kappa shape index (κ3) is 3.92. The Morgan fingerprint density at radius 3 is 3.06 bits per heavy atom. The third-order valence-corrected chi connectivity index (χ3v) is 3.05. The molecule has 0 aliphatic carbocycles. The maximum atomic E-state index is 4.15. The van der Waals surface area contributed by atoms with Crippen molar-refractivity contribution in [2.45, 2.75) is 26.4 Å². The zero-order chi connectivity index (χ0) is 12.8. The summed E-state index contributed by atoms with van der Waals surface area (Å²) in [7, 11) is 0. The largest absolute Gasteiger partial charge is 0.311 e. The van der Waals surface area contributed by atoms with Crippen molar-refractivity contribution in [1.29, 1.82) is 0 Å². The topological polar surface area (TPSA) is 42.7 Å². The van der Waals surface area contributed by atoms with Gasteiger partial charge in [0, 0.05) is 11.0 Å². The number of aromatic nitrogens is 3. The summed E-state index contributed by atoms with van der Waals surface area (Å²) in [5.74, 6) is 0. The number of rotatable bonds is 6. The summed E-state index contributed by atoms with van der Waals surface area (Å²) in [4.78, 5) is 0. The van der Waals surface area contributed by atoms with Crippen LogP contribution in [0.4, 0.5) is 0 Å². The summed E-state index contributed by atoms with van der Waals surface area (Å²) in [6, 6.07) is 8.23. The highest BCUT2D eigenvalue weighted by atomic mass is 79.9. The zero-order valence-electron chi connectivity index (χ0n) is 10.4. The van der Waals surface area contributed by atoms with Gasteiger partial charge in [0.1, 0.15) is 0 Å². The molecule has 1 aromatic heterocycles. The Labute approximate surface area is 116 Å². The Bertz CT molecular complexity index is 495. The van der Waals surface area contributed by atoms with E-state index in [4.69, 9.17) is 0 Å². The van der Waals surface area contributed by atoms with E-state index in [1.54, 1.807) is 0 Å². The lowest BCUT2D eigenvalue weighted by Gasteiger charge is -2.01. The van der Waals surface area contributed by atoms with E-state index in [0.717, 1.165) is 36.2 Å². The SMILES string of the molecule is CCCNCc1cn(Cc2cccc(Br)c2)nn1. The number of halogens is 1. The first-order valence-corrected chi connectivity index (χ1v) is 6.91. The second-order valence-corrected chi connectivity index (χ2v) is 5.13. The molecule has 1 N–H and O–H groups in total. The van der Waals surface area contributed by atoms with Gasteiger partial charge in [-0.15, -0.1) is 5.10 Å². The highest BCUT2D eigenvalue weighted by Gasteiger charge is 2.01. The van der Waals surface area contributed by atoms with Crippen LogP contribution in [0.25, 0.3) is 0 Å². The minimum atomic E-state index is 0.750. The van der Waals surface area contributed by atoms with E-state index in [1.165, 1.54) is 5.56 Å². The van der Waals surface area contributed by atoms with Crippen LogP contribution >= 0.6 is 15.9 Å². The van der Waals surface area contributed by atoms with E-state index in [2.05, 4.69) is 50.6 Å². The molecule has 1 aromatic carbocycles. The van der Waals surface area contributed by atoms with Crippen LogP contribution in [-0.2, 0) is 13.1 Å². The lowest BCUT2D eigenvalue weighted by atomic mass is 10.2. The second-order valence-electron chi connectivity index (χ2n) is 4.21. The molecule has 0 bridgehead atoms. The van der Waals surface area contributed by atoms with Crippen molar-refractivity contribution in [2.24, 2.45) is 0 Å². The van der Waals surface area contributed by atoms with Crippen LogP contribution in [0.5, 0.6) is 0 Å². The van der Waals surface area contributed by atoms with Gasteiger partial charge in [-0.2, -0.15) is 0 Å². The van der Waals surface area contributed by atoms with Crippen molar-refractivity contribution < 1.29 is 0 Å². The summed E-state index contributed by atoms with van der Waals surface area (Å²) in [5.41, 5.74) is 2.20. The molecule has 0 saturated heterocycles. The van der Waals surface area contributed by atoms with Gasteiger partial charge >= 0.3 is 0 Å². The molecule has 0 unspecified atom stereocenters. The molecule has 2 rings (SSSR count). The summed E-state index contributed by atoms with van der Waals surface area (Å²) in [5, 5.41) is 11.6. The van der Waals surface area contributed by atoms with Crippen molar-refractivity contribution >= 4 is 15.9 Å². The fourth-order valence-electron chi connectivity index (χ4n) is 1.71. The molecule has 4 nitrogen and oxygen atoms in total. The molecule has 0 radical (unpaired) electrons. The molecule has 0 aliphatic rings. The minimum absolute atomic E-state index is 0.750. The molecule has 0 amide bonds. The lowest BCUT2D eigenvalue weighted by Crippen LogP contribution is -2.13. The number of hydrogen-bond donors (Lipinski definition) is 1. The van der Waals surface area contributed by atoms with Gasteiger partial charge in [-0.05, 0) is 30.7 Å². The molecular formula is C13H17BrN4. The maximum Gasteiger partial charge on any atom is 0.0964 e. The Morgan fingerprint density at radius 2 is 2.28 bits per heavy atom. The van der Waals surface area contributed by atoms with E-state index >= 15 is 0 Å². The normalized spacial score (nSPS) is 10.8. The van der Waals surface area contributed by atoms with Crippen molar-refractivity contribution in [3.05, 3.63) is 46.2 Å². The Balaban J connectivity index is 1.94. The highest BCUT2D eigenvalue weighted by molar-refractivity contribution is 9.10. The average Bonchev–Trinajstić information content (AvgIpc) is 2.77. The molecule has 0 spiro atoms. The fourth-order valence-corrected chi connectivity index (χ4v) is 2.16. The molecule has 0 saturated carbocycles. The molecule has 0 fully saturated rings. The van der Waals surface area contributed by atoms with Gasteiger partial charge in [0.15, 0.2) is 0 Å². The Hall–Kier alpha value is -1.20. The van der Waals surface area contributed by atoms with Gasteiger partial charge in [0.25, 0.3) is 0 Å². The number of nitrogens with zero attached hydrogens (tertiary/aromatic N) is 3. The van der Waals surface area contributed by atoms with Gasteiger partial charge < -0.3 is 5.32 Å². The van der Waals surface area contributed by atoms with E-state index in [9.17, 15) is 0 Å². The molecule has 5 heteroatoms. The van der Waals surface area contributed by atoms with Crippen LogP contribution in [0.3, 0.4) is 0 Å². The number of hydrogen-bond acceptors (Lipinski definition) is 3. The number of nitrogens with one attached hydrogen (secondary N) is 1. The molecule has 0 atom stereocenters. The molecule has 0 aliphatic heterocycles. The van der Waals surface area contributed by atoms with E-state index in [0.29, 0.717) is 0 Å². The molecule has 96 valence electrons. The van der Waals surface area contributed by atoms with E-state index in [1.807, 2.05) is 23.0 Å². The average molecular weight is 309 g/mol. The maximum absolute atomic E-state index is 4.15. The standard InChI is InChI=1S/C13H17BrN4/c1-2-6-15-8-13-10-18(17-16-13)9-11-4-3-5-12(14)7-11/h3-5,7,10,15H,2,6,8-9H2,1H3. The van der Waals surface area contributed by atoms with Crippen molar-refractivity contribution in [2.75, 3.05) is 6.54 Å². The van der Waals surface area contributed by atoms with Gasteiger partial charge in [-0.3, -0.25) is 0 Å². The molecule has 18 heavy (non-hydrogen) atoms. The van der Waals surface area contributed by atoms with Crippen molar-refractivity contribution in [3.8, 4) is 0 Å². The van der Waals surface area contributed by atoms with E-state index < -0.39 is 0 Å². The summed E-state index contributed by atoms with van der Waals surface area (Å²) in [6.07, 6.45) is 3.12. The van der Waals surface area contributed by atoms with Crippen LogP contribution in [0.1, 0.15) is 24.6 Å². The first-order chi connectivity index (χ1) is 8.78. The van der Waals surface area contributed by atoms with Crippen LogP contribution < -0.4 is 5.32 Å². The van der Waals surface area contributed by atoms with Crippen LogP contribution in [0.15, 0.2) is 34.9 Å². The van der Waals surface area contributed by atoms with Crippen LogP contribution in [0.2, 0.25) is 0 Å². The second kappa shape index (κ2) is 6.66. The van der Waals surface area contributed by atoms with Gasteiger partial charge in [-0.1, -0.05) is 40.2 Å². The predicted octanol–water partition coefficient (Wildman–Crippen LogP) is 2.59. The fraction of sp³-hybridized carbons (Fsp3) is 0.385. The summed E-state index contributed by atoms with van der Waals surface area (Å²) >= 11 is 3.47. The van der Waals surface area contributed by atoms with Crippen molar-refractivity contribution in [1.82, 2.24) is 20.3 Å². The molecular weight excluding hydrogens is 292 g/mol. The predicted molar refractivity (Wildman–Crippen MR) is 75.3 cm³/mol. The monoisotopic (exact) mass is 308 g/mol. The van der Waals surface area contributed by atoms with Crippen LogP contribution in [0, 0.1) is 0 Å². The summed E-state index contributed by atoms with van der Waals surface area (Å²) < 4.78 is 2.95. The Kier molecular flexibility index (Phi) is 4.90. The minimum Gasteiger partial charge on any atom is -0.311 e. The smallest absolute Gasteiger partial charge is 0.0964 e. The first kappa shape index (κ1) is 13.2.